The zero-order valence-electron chi connectivity index (χ0n) is 12.7. The number of rotatable bonds is 5. The summed E-state index contributed by atoms with van der Waals surface area (Å²) >= 11 is 1.40. The number of hydrogen-bond donors (Lipinski definition) is 2. The number of carbonyl (C=O) groups excluding carboxylic acids is 2. The van der Waals surface area contributed by atoms with Gasteiger partial charge < -0.3 is 5.32 Å². The van der Waals surface area contributed by atoms with E-state index >= 15 is 0 Å². The smallest absolute Gasteiger partial charge is 0.265 e. The number of hydrogen-bond acceptors (Lipinski definition) is 4. The number of nitrogens with one attached hydrogen (secondary N) is 2. The van der Waals surface area contributed by atoms with E-state index in [0.717, 1.165) is 18.4 Å². The number of anilines is 1. The van der Waals surface area contributed by atoms with Gasteiger partial charge in [0.05, 0.1) is 10.6 Å². The van der Waals surface area contributed by atoms with E-state index < -0.39 is 0 Å². The molecular formula is C17H17N3O2S. The van der Waals surface area contributed by atoms with Crippen molar-refractivity contribution in [3.8, 4) is 0 Å². The fraction of sp³-hybridized carbons (Fsp3) is 0.235. The van der Waals surface area contributed by atoms with Crippen LogP contribution in [0.2, 0.25) is 0 Å². The van der Waals surface area contributed by atoms with Crippen LogP contribution in [0, 0.1) is 5.92 Å². The van der Waals surface area contributed by atoms with E-state index in [0.29, 0.717) is 16.3 Å². The highest BCUT2D eigenvalue weighted by Gasteiger charge is 2.29. The SMILES string of the molecule is C/C(=N\NC(=O)C1CC1)c1cccc(NC(=O)c2cccs2)c1. The first kappa shape index (κ1) is 15.4. The normalized spacial score (nSPS) is 14.4. The third-order valence-electron chi connectivity index (χ3n) is 3.57. The predicted molar refractivity (Wildman–Crippen MR) is 91.8 cm³/mol. The molecule has 6 heteroatoms. The van der Waals surface area contributed by atoms with Crippen LogP contribution in [0.3, 0.4) is 0 Å². The van der Waals surface area contributed by atoms with Crippen molar-refractivity contribution in [2.45, 2.75) is 19.8 Å². The fourth-order valence-corrected chi connectivity index (χ4v) is 2.68. The van der Waals surface area contributed by atoms with E-state index in [4.69, 9.17) is 0 Å². The molecule has 2 N–H and O–H groups in total. The number of carbonyl (C=O) groups is 2. The molecule has 118 valence electrons. The summed E-state index contributed by atoms with van der Waals surface area (Å²) in [6.07, 6.45) is 1.90. The van der Waals surface area contributed by atoms with E-state index in [2.05, 4.69) is 15.8 Å². The molecule has 0 saturated heterocycles. The molecule has 23 heavy (non-hydrogen) atoms. The molecule has 2 amide bonds. The Labute approximate surface area is 138 Å². The maximum absolute atomic E-state index is 12.1. The zero-order valence-corrected chi connectivity index (χ0v) is 13.5. The van der Waals surface area contributed by atoms with Crippen LogP contribution in [-0.2, 0) is 4.79 Å². The lowest BCUT2D eigenvalue weighted by Gasteiger charge is -2.07. The lowest BCUT2D eigenvalue weighted by atomic mass is 10.1. The molecule has 1 saturated carbocycles. The molecule has 1 heterocycles. The highest BCUT2D eigenvalue weighted by atomic mass is 32.1. The van der Waals surface area contributed by atoms with Crippen LogP contribution in [-0.4, -0.2) is 17.5 Å². The fourth-order valence-electron chi connectivity index (χ4n) is 2.06. The molecular weight excluding hydrogens is 310 g/mol. The van der Waals surface area contributed by atoms with Gasteiger partial charge in [-0.15, -0.1) is 11.3 Å². The molecule has 1 aromatic carbocycles. The molecule has 1 aliphatic carbocycles. The van der Waals surface area contributed by atoms with Crippen LogP contribution in [0.5, 0.6) is 0 Å². The van der Waals surface area contributed by atoms with Crippen molar-refractivity contribution in [3.63, 3.8) is 0 Å². The average molecular weight is 327 g/mol. The first-order valence-electron chi connectivity index (χ1n) is 7.43. The van der Waals surface area contributed by atoms with Crippen LogP contribution >= 0.6 is 11.3 Å². The molecule has 0 unspecified atom stereocenters. The van der Waals surface area contributed by atoms with Crippen molar-refractivity contribution in [2.75, 3.05) is 5.32 Å². The Kier molecular flexibility index (Phi) is 4.52. The molecule has 0 bridgehead atoms. The van der Waals surface area contributed by atoms with Gasteiger partial charge in [0.25, 0.3) is 5.91 Å². The van der Waals surface area contributed by atoms with Crippen LogP contribution in [0.4, 0.5) is 5.69 Å². The second-order valence-corrected chi connectivity index (χ2v) is 6.41. The van der Waals surface area contributed by atoms with Crippen molar-refractivity contribution in [2.24, 2.45) is 11.0 Å². The number of thiophene rings is 1. The van der Waals surface area contributed by atoms with Crippen molar-refractivity contribution in [1.82, 2.24) is 5.43 Å². The highest BCUT2D eigenvalue weighted by molar-refractivity contribution is 7.12. The minimum atomic E-state index is -0.131. The summed E-state index contributed by atoms with van der Waals surface area (Å²) < 4.78 is 0. The molecule has 0 radical (unpaired) electrons. The molecule has 1 aliphatic rings. The maximum atomic E-state index is 12.1. The van der Waals surface area contributed by atoms with E-state index in [1.807, 2.05) is 42.6 Å². The topological polar surface area (TPSA) is 70.6 Å². The van der Waals surface area contributed by atoms with Crippen LogP contribution in [0.1, 0.15) is 35.0 Å². The van der Waals surface area contributed by atoms with Gasteiger partial charge in [-0.2, -0.15) is 5.10 Å². The van der Waals surface area contributed by atoms with Gasteiger partial charge in [-0.1, -0.05) is 18.2 Å². The summed E-state index contributed by atoms with van der Waals surface area (Å²) in [5.41, 5.74) is 4.84. The molecule has 2 aromatic rings. The first-order valence-corrected chi connectivity index (χ1v) is 8.31. The van der Waals surface area contributed by atoms with Crippen molar-refractivity contribution in [3.05, 3.63) is 52.2 Å². The summed E-state index contributed by atoms with van der Waals surface area (Å²) in [5, 5.41) is 8.86. The zero-order chi connectivity index (χ0) is 16.2. The molecule has 0 atom stereocenters. The Bertz CT molecular complexity index is 749. The number of hydrazone groups is 1. The largest absolute Gasteiger partial charge is 0.321 e. The molecule has 1 aromatic heterocycles. The van der Waals surface area contributed by atoms with Crippen LogP contribution < -0.4 is 10.7 Å². The number of amides is 2. The van der Waals surface area contributed by atoms with E-state index in [9.17, 15) is 9.59 Å². The lowest BCUT2D eigenvalue weighted by Crippen LogP contribution is -2.20. The lowest BCUT2D eigenvalue weighted by molar-refractivity contribution is -0.122. The standard InChI is InChI=1S/C17H17N3O2S/c1-11(19-20-16(21)12-7-8-12)13-4-2-5-14(10-13)18-17(22)15-6-3-9-23-15/h2-6,9-10,12H,7-8H2,1H3,(H,18,22)(H,20,21)/b19-11+. The number of benzene rings is 1. The Morgan fingerprint density at radius 1 is 1.22 bits per heavy atom. The summed E-state index contributed by atoms with van der Waals surface area (Å²) in [7, 11) is 0. The van der Waals surface area contributed by atoms with Crippen molar-refractivity contribution in [1.29, 1.82) is 0 Å². The number of nitrogens with zero attached hydrogens (tertiary/aromatic N) is 1. The minimum Gasteiger partial charge on any atom is -0.321 e. The van der Waals surface area contributed by atoms with Gasteiger partial charge in [0.15, 0.2) is 0 Å². The van der Waals surface area contributed by atoms with Crippen LogP contribution in [0.15, 0.2) is 46.9 Å². The third-order valence-corrected chi connectivity index (χ3v) is 4.43. The summed E-state index contributed by atoms with van der Waals surface area (Å²) in [4.78, 5) is 24.3. The second kappa shape index (κ2) is 6.75. The molecule has 5 nitrogen and oxygen atoms in total. The van der Waals surface area contributed by atoms with E-state index in [1.165, 1.54) is 11.3 Å². The first-order chi connectivity index (χ1) is 11.1. The van der Waals surface area contributed by atoms with Crippen molar-refractivity contribution < 1.29 is 9.59 Å². The Balaban J connectivity index is 1.67. The van der Waals surface area contributed by atoms with Gasteiger partial charge in [-0.05, 0) is 48.9 Å². The Hall–Kier alpha value is -2.47. The van der Waals surface area contributed by atoms with E-state index in [1.54, 1.807) is 6.07 Å². The molecule has 0 aliphatic heterocycles. The average Bonchev–Trinajstić information content (AvgIpc) is 3.26. The molecule has 3 rings (SSSR count). The van der Waals surface area contributed by atoms with Crippen molar-refractivity contribution >= 4 is 34.6 Å². The monoisotopic (exact) mass is 327 g/mol. The van der Waals surface area contributed by atoms with Gasteiger partial charge in [0, 0.05) is 11.6 Å². The summed E-state index contributed by atoms with van der Waals surface area (Å²) in [5.74, 6) is -0.0248. The predicted octanol–water partition coefficient (Wildman–Crippen LogP) is 3.25. The Morgan fingerprint density at radius 3 is 2.74 bits per heavy atom. The van der Waals surface area contributed by atoms with Gasteiger partial charge in [-0.25, -0.2) is 5.43 Å². The summed E-state index contributed by atoms with van der Waals surface area (Å²) in [6, 6.07) is 11.0. The van der Waals surface area contributed by atoms with E-state index in [-0.39, 0.29) is 17.7 Å². The van der Waals surface area contributed by atoms with Gasteiger partial charge >= 0.3 is 0 Å². The maximum Gasteiger partial charge on any atom is 0.265 e. The highest BCUT2D eigenvalue weighted by Crippen LogP contribution is 2.28. The minimum absolute atomic E-state index is 0.0218. The molecule has 1 fully saturated rings. The van der Waals surface area contributed by atoms with Gasteiger partial charge in [0.2, 0.25) is 5.91 Å². The van der Waals surface area contributed by atoms with Gasteiger partial charge in [-0.3, -0.25) is 9.59 Å². The Morgan fingerprint density at radius 2 is 2.04 bits per heavy atom. The van der Waals surface area contributed by atoms with Crippen LogP contribution in [0.25, 0.3) is 0 Å². The summed E-state index contributed by atoms with van der Waals surface area (Å²) in [6.45, 7) is 1.83. The second-order valence-electron chi connectivity index (χ2n) is 5.46. The third kappa shape index (κ3) is 4.04. The van der Waals surface area contributed by atoms with Gasteiger partial charge in [0.1, 0.15) is 0 Å². The quantitative estimate of drug-likeness (QED) is 0.654. The molecule has 0 spiro atoms.